The number of pyridine rings is 1. The molecule has 0 bridgehead atoms. The molecule has 86 valence electrons. The normalized spacial score (nSPS) is 11.5. The molecule has 4 nitrogen and oxygen atoms in total. The van der Waals surface area contributed by atoms with Gasteiger partial charge in [0.15, 0.2) is 4.90 Å². The van der Waals surface area contributed by atoms with Crippen LogP contribution in [0.5, 0.6) is 0 Å². The van der Waals surface area contributed by atoms with Crippen molar-refractivity contribution >= 4 is 19.7 Å². The van der Waals surface area contributed by atoms with Crippen LogP contribution in [-0.2, 0) is 9.05 Å². The molecule has 9 heteroatoms. The number of rotatable bonds is 2. The Hall–Kier alpha value is -1.33. The summed E-state index contributed by atoms with van der Waals surface area (Å²) in [7, 11) is 0.167. The van der Waals surface area contributed by atoms with E-state index in [2.05, 4.69) is 4.98 Å². The van der Waals surface area contributed by atoms with Crippen molar-refractivity contribution in [2.24, 2.45) is 0 Å². The SMILES string of the molecule is N#Cc1c(C(F)F)cnc(F)c1S(=O)(=O)Cl. The van der Waals surface area contributed by atoms with Crippen LogP contribution in [0.15, 0.2) is 11.1 Å². The van der Waals surface area contributed by atoms with Crippen LogP contribution in [0.2, 0.25) is 0 Å². The van der Waals surface area contributed by atoms with Gasteiger partial charge in [-0.15, -0.1) is 0 Å². The second kappa shape index (κ2) is 4.27. The van der Waals surface area contributed by atoms with Gasteiger partial charge < -0.3 is 0 Å². The molecule has 1 aromatic heterocycles. The largest absolute Gasteiger partial charge is 0.267 e. The van der Waals surface area contributed by atoms with Gasteiger partial charge in [-0.2, -0.15) is 9.65 Å². The second-order valence-corrected chi connectivity index (χ2v) is 5.06. The molecule has 1 heterocycles. The van der Waals surface area contributed by atoms with E-state index in [-0.39, 0.29) is 0 Å². The molecule has 1 rings (SSSR count). The summed E-state index contributed by atoms with van der Waals surface area (Å²) in [5, 5.41) is 8.54. The van der Waals surface area contributed by atoms with E-state index in [1.807, 2.05) is 0 Å². The molecule has 0 fully saturated rings. The zero-order valence-corrected chi connectivity index (χ0v) is 8.86. The molecule has 16 heavy (non-hydrogen) atoms. The molecule has 0 aliphatic rings. The van der Waals surface area contributed by atoms with Gasteiger partial charge in [0.05, 0.1) is 11.1 Å². The van der Waals surface area contributed by atoms with Gasteiger partial charge in [0, 0.05) is 16.9 Å². The first-order chi connectivity index (χ1) is 7.29. The molecule has 0 radical (unpaired) electrons. The first-order valence-corrected chi connectivity index (χ1v) is 5.91. The summed E-state index contributed by atoms with van der Waals surface area (Å²) in [4.78, 5) is 1.49. The Labute approximate surface area is 92.7 Å². The molecule has 0 aromatic carbocycles. The van der Waals surface area contributed by atoms with Crippen LogP contribution in [0.25, 0.3) is 0 Å². The highest BCUT2D eigenvalue weighted by atomic mass is 35.7. The van der Waals surface area contributed by atoms with Crippen LogP contribution in [-0.4, -0.2) is 13.4 Å². The standard InChI is InChI=1S/C7H2ClF3N2O2S/c8-16(14,15)5-3(1-12)4(6(9)10)2-13-7(5)11/h2,6H. The number of hydrogen-bond acceptors (Lipinski definition) is 4. The number of nitrogens with zero attached hydrogens (tertiary/aromatic N) is 2. The van der Waals surface area contributed by atoms with Gasteiger partial charge in [0.1, 0.15) is 6.07 Å². The van der Waals surface area contributed by atoms with Gasteiger partial charge in [-0.25, -0.2) is 22.2 Å². The minimum atomic E-state index is -4.65. The molecule has 0 atom stereocenters. The van der Waals surface area contributed by atoms with Gasteiger partial charge in [-0.05, 0) is 0 Å². The van der Waals surface area contributed by atoms with Crippen molar-refractivity contribution in [3.8, 4) is 6.07 Å². The van der Waals surface area contributed by atoms with Crippen LogP contribution in [0, 0.1) is 17.3 Å². The second-order valence-electron chi connectivity index (χ2n) is 2.56. The van der Waals surface area contributed by atoms with Gasteiger partial charge >= 0.3 is 0 Å². The zero-order valence-electron chi connectivity index (χ0n) is 7.29. The molecule has 0 aliphatic heterocycles. The van der Waals surface area contributed by atoms with E-state index in [0.717, 1.165) is 0 Å². The summed E-state index contributed by atoms with van der Waals surface area (Å²) >= 11 is 0. The fourth-order valence-corrected chi connectivity index (χ4v) is 2.07. The summed E-state index contributed by atoms with van der Waals surface area (Å²) in [6.07, 6.45) is -2.76. The third kappa shape index (κ3) is 2.25. The van der Waals surface area contributed by atoms with Crippen LogP contribution in [0.1, 0.15) is 17.6 Å². The first kappa shape index (κ1) is 12.7. The molecule has 0 amide bonds. The fourth-order valence-electron chi connectivity index (χ4n) is 0.987. The Kier molecular flexibility index (Phi) is 3.40. The van der Waals surface area contributed by atoms with Crippen molar-refractivity contribution in [1.29, 1.82) is 5.26 Å². The number of alkyl halides is 2. The summed E-state index contributed by atoms with van der Waals surface area (Å²) in [6.45, 7) is 0. The van der Waals surface area contributed by atoms with Crippen molar-refractivity contribution < 1.29 is 21.6 Å². The summed E-state index contributed by atoms with van der Waals surface area (Å²) in [5.74, 6) is -1.59. The van der Waals surface area contributed by atoms with E-state index in [1.54, 1.807) is 0 Å². The molecule has 0 saturated heterocycles. The minimum Gasteiger partial charge on any atom is -0.227 e. The van der Waals surface area contributed by atoms with Gasteiger partial charge in [0.2, 0.25) is 5.95 Å². The van der Waals surface area contributed by atoms with Crippen molar-refractivity contribution in [3.05, 3.63) is 23.3 Å². The number of halogens is 4. The van der Waals surface area contributed by atoms with Gasteiger partial charge in [-0.1, -0.05) is 0 Å². The Morgan fingerprint density at radius 1 is 1.50 bits per heavy atom. The molecule has 0 unspecified atom stereocenters. The Morgan fingerprint density at radius 2 is 2.06 bits per heavy atom. The minimum absolute atomic E-state index is 0.393. The summed E-state index contributed by atoms with van der Waals surface area (Å²) < 4.78 is 59.5. The smallest absolute Gasteiger partial charge is 0.227 e. The molecular formula is C7H2ClF3N2O2S. The highest BCUT2D eigenvalue weighted by Gasteiger charge is 2.28. The number of hydrogen-bond donors (Lipinski definition) is 0. The van der Waals surface area contributed by atoms with Crippen molar-refractivity contribution in [2.75, 3.05) is 0 Å². The molecule has 0 saturated carbocycles. The van der Waals surface area contributed by atoms with Gasteiger partial charge in [0.25, 0.3) is 15.5 Å². The Balaban J connectivity index is 3.74. The zero-order chi connectivity index (χ0) is 12.5. The van der Waals surface area contributed by atoms with Crippen LogP contribution < -0.4 is 0 Å². The lowest BCUT2D eigenvalue weighted by Crippen LogP contribution is -2.06. The van der Waals surface area contributed by atoms with E-state index < -0.39 is 37.4 Å². The van der Waals surface area contributed by atoms with E-state index in [4.69, 9.17) is 15.9 Å². The molecular weight excluding hydrogens is 269 g/mol. The molecule has 0 spiro atoms. The highest BCUT2D eigenvalue weighted by molar-refractivity contribution is 8.13. The van der Waals surface area contributed by atoms with Crippen LogP contribution >= 0.6 is 10.7 Å². The van der Waals surface area contributed by atoms with E-state index in [0.29, 0.717) is 6.20 Å². The third-order valence-electron chi connectivity index (χ3n) is 1.61. The van der Waals surface area contributed by atoms with Crippen molar-refractivity contribution in [3.63, 3.8) is 0 Å². The highest BCUT2D eigenvalue weighted by Crippen LogP contribution is 2.29. The van der Waals surface area contributed by atoms with Crippen molar-refractivity contribution in [2.45, 2.75) is 11.3 Å². The molecule has 0 N–H and O–H groups in total. The van der Waals surface area contributed by atoms with Crippen LogP contribution in [0.4, 0.5) is 13.2 Å². The van der Waals surface area contributed by atoms with E-state index in [1.165, 1.54) is 6.07 Å². The van der Waals surface area contributed by atoms with E-state index in [9.17, 15) is 21.6 Å². The maximum atomic E-state index is 13.0. The fraction of sp³-hybridized carbons (Fsp3) is 0.143. The number of aromatic nitrogens is 1. The number of nitriles is 1. The molecule has 0 aliphatic carbocycles. The first-order valence-electron chi connectivity index (χ1n) is 3.60. The topological polar surface area (TPSA) is 70.8 Å². The Morgan fingerprint density at radius 3 is 2.44 bits per heavy atom. The average molecular weight is 271 g/mol. The monoisotopic (exact) mass is 270 g/mol. The van der Waals surface area contributed by atoms with Crippen LogP contribution in [0.3, 0.4) is 0 Å². The third-order valence-corrected chi connectivity index (χ3v) is 2.93. The Bertz CT molecular complexity index is 568. The predicted octanol–water partition coefficient (Wildman–Crippen LogP) is 1.96. The lowest BCUT2D eigenvalue weighted by molar-refractivity contribution is 0.150. The lowest BCUT2D eigenvalue weighted by atomic mass is 10.1. The van der Waals surface area contributed by atoms with Crippen molar-refractivity contribution in [1.82, 2.24) is 4.98 Å². The quantitative estimate of drug-likeness (QED) is 0.608. The maximum absolute atomic E-state index is 13.0. The summed E-state index contributed by atoms with van der Waals surface area (Å²) in [5.41, 5.74) is -2.01. The lowest BCUT2D eigenvalue weighted by Gasteiger charge is -2.06. The maximum Gasteiger partial charge on any atom is 0.267 e. The summed E-state index contributed by atoms with van der Waals surface area (Å²) in [6, 6.07) is 1.17. The molecule has 1 aromatic rings. The average Bonchev–Trinajstić information content (AvgIpc) is 2.14. The predicted molar refractivity (Wildman–Crippen MR) is 46.9 cm³/mol. The van der Waals surface area contributed by atoms with Gasteiger partial charge in [-0.3, -0.25) is 0 Å². The van der Waals surface area contributed by atoms with E-state index >= 15 is 0 Å².